The van der Waals surface area contributed by atoms with Crippen molar-refractivity contribution >= 4 is 23.2 Å². The first-order valence-electron chi connectivity index (χ1n) is 12.9. The van der Waals surface area contributed by atoms with Crippen LogP contribution < -0.4 is 0 Å². The summed E-state index contributed by atoms with van der Waals surface area (Å²) in [6.07, 6.45) is 9.19. The molecule has 0 saturated heterocycles. The van der Waals surface area contributed by atoms with E-state index in [1.54, 1.807) is 23.5 Å². The van der Waals surface area contributed by atoms with Crippen LogP contribution >= 0.6 is 11.3 Å². The fourth-order valence-electron chi connectivity index (χ4n) is 4.85. The Morgan fingerprint density at radius 1 is 1.06 bits per heavy atom. The van der Waals surface area contributed by atoms with Crippen molar-refractivity contribution in [1.82, 2.24) is 9.80 Å². The lowest BCUT2D eigenvalue weighted by molar-refractivity contribution is -0.146. The van der Waals surface area contributed by atoms with Gasteiger partial charge < -0.3 is 9.80 Å². The van der Waals surface area contributed by atoms with E-state index in [4.69, 9.17) is 0 Å². The number of hydrogen-bond acceptors (Lipinski definition) is 3. The lowest BCUT2D eigenvalue weighted by Gasteiger charge is -2.37. The van der Waals surface area contributed by atoms with Gasteiger partial charge in [0.15, 0.2) is 0 Å². The largest absolute Gasteiger partial charge is 0.332 e. The van der Waals surface area contributed by atoms with Gasteiger partial charge in [-0.2, -0.15) is 0 Å². The van der Waals surface area contributed by atoms with Gasteiger partial charge >= 0.3 is 0 Å². The molecule has 1 aromatic heterocycles. The molecule has 0 bridgehead atoms. The van der Waals surface area contributed by atoms with E-state index in [1.807, 2.05) is 27.3 Å². The van der Waals surface area contributed by atoms with Gasteiger partial charge in [0.2, 0.25) is 11.8 Å². The molecule has 1 fully saturated rings. The number of amides is 2. The van der Waals surface area contributed by atoms with Crippen molar-refractivity contribution in [3.8, 4) is 0 Å². The Labute approximate surface area is 208 Å². The summed E-state index contributed by atoms with van der Waals surface area (Å²) in [5, 5.41) is 2.01. The van der Waals surface area contributed by atoms with Gasteiger partial charge in [-0.05, 0) is 54.8 Å². The second kappa shape index (κ2) is 13.6. The van der Waals surface area contributed by atoms with E-state index in [0.717, 1.165) is 61.8 Å². The second-order valence-electron chi connectivity index (χ2n) is 9.46. The van der Waals surface area contributed by atoms with Crippen LogP contribution in [-0.4, -0.2) is 34.2 Å². The van der Waals surface area contributed by atoms with Gasteiger partial charge in [-0.1, -0.05) is 64.2 Å². The monoisotopic (exact) mass is 486 g/mol. The van der Waals surface area contributed by atoms with E-state index >= 15 is 0 Å². The van der Waals surface area contributed by atoms with E-state index in [-0.39, 0.29) is 36.1 Å². The fourth-order valence-corrected chi connectivity index (χ4v) is 5.57. The summed E-state index contributed by atoms with van der Waals surface area (Å²) in [6.45, 7) is 5.25. The molecule has 0 spiro atoms. The highest BCUT2D eigenvalue weighted by Crippen LogP contribution is 2.27. The number of thiophene rings is 1. The predicted molar refractivity (Wildman–Crippen MR) is 137 cm³/mol. The summed E-state index contributed by atoms with van der Waals surface area (Å²) in [5.74, 6) is -0.194. The number of rotatable bonds is 12. The van der Waals surface area contributed by atoms with E-state index in [0.29, 0.717) is 13.1 Å². The molecule has 1 aliphatic carbocycles. The minimum atomic E-state index is -0.286. The molecular weight excluding hydrogens is 447 g/mol. The third-order valence-electron chi connectivity index (χ3n) is 6.92. The van der Waals surface area contributed by atoms with E-state index < -0.39 is 0 Å². The Bertz CT molecular complexity index is 878. The molecule has 2 aromatic rings. The highest BCUT2D eigenvalue weighted by molar-refractivity contribution is 7.09. The van der Waals surface area contributed by atoms with Crippen molar-refractivity contribution in [3.63, 3.8) is 0 Å². The first kappa shape index (κ1) is 26.4. The number of nitrogens with zero attached hydrogens (tertiary/aromatic N) is 2. The molecule has 0 N–H and O–H groups in total. The zero-order chi connectivity index (χ0) is 24.3. The molecule has 3 rings (SSSR count). The molecule has 1 heterocycles. The van der Waals surface area contributed by atoms with Crippen molar-refractivity contribution in [2.24, 2.45) is 5.92 Å². The lowest BCUT2D eigenvalue weighted by atomic mass is 9.91. The topological polar surface area (TPSA) is 40.6 Å². The van der Waals surface area contributed by atoms with E-state index in [2.05, 4.69) is 13.8 Å². The highest BCUT2D eigenvalue weighted by atomic mass is 32.1. The molecule has 1 aromatic carbocycles. The van der Waals surface area contributed by atoms with Crippen LogP contribution in [0.1, 0.15) is 82.1 Å². The second-order valence-corrected chi connectivity index (χ2v) is 10.5. The molecular formula is C28H39FN2O2S. The summed E-state index contributed by atoms with van der Waals surface area (Å²) in [6, 6.07) is 10.5. The van der Waals surface area contributed by atoms with Crippen molar-refractivity contribution in [2.45, 2.75) is 90.8 Å². The third kappa shape index (κ3) is 7.66. The van der Waals surface area contributed by atoms with E-state index in [9.17, 15) is 14.0 Å². The molecule has 4 nitrogen and oxygen atoms in total. The molecule has 0 unspecified atom stereocenters. The summed E-state index contributed by atoms with van der Waals surface area (Å²) in [5.41, 5.74) is 0.885. The van der Waals surface area contributed by atoms with Crippen molar-refractivity contribution < 1.29 is 14.0 Å². The quantitative estimate of drug-likeness (QED) is 0.331. The normalized spacial score (nSPS) is 15.1. The van der Waals surface area contributed by atoms with Gasteiger partial charge in [0.1, 0.15) is 12.4 Å². The SMILES string of the molecule is CCCC[C@@H](CC)C(=O)N(CC(=O)N(Cc1ccc(F)cc1)Cc1cccs1)C1CCCCC1. The van der Waals surface area contributed by atoms with Crippen LogP contribution in [0.25, 0.3) is 0 Å². The van der Waals surface area contributed by atoms with Gasteiger partial charge in [0, 0.05) is 23.4 Å². The van der Waals surface area contributed by atoms with Crippen LogP contribution in [-0.2, 0) is 22.7 Å². The highest BCUT2D eigenvalue weighted by Gasteiger charge is 2.32. The van der Waals surface area contributed by atoms with Crippen LogP contribution in [0.3, 0.4) is 0 Å². The smallest absolute Gasteiger partial charge is 0.242 e. The van der Waals surface area contributed by atoms with Crippen molar-refractivity contribution in [2.75, 3.05) is 6.54 Å². The maximum Gasteiger partial charge on any atom is 0.242 e. The Morgan fingerprint density at radius 3 is 2.41 bits per heavy atom. The zero-order valence-electron chi connectivity index (χ0n) is 20.7. The summed E-state index contributed by atoms with van der Waals surface area (Å²) in [4.78, 5) is 32.2. The molecule has 0 aliphatic heterocycles. The number of carbonyl (C=O) groups excluding carboxylic acids is 2. The summed E-state index contributed by atoms with van der Waals surface area (Å²) >= 11 is 1.62. The Kier molecular flexibility index (Phi) is 10.6. The number of hydrogen-bond donors (Lipinski definition) is 0. The first-order valence-corrected chi connectivity index (χ1v) is 13.7. The number of benzene rings is 1. The van der Waals surface area contributed by atoms with Crippen LogP contribution in [0, 0.1) is 11.7 Å². The van der Waals surface area contributed by atoms with Crippen LogP contribution in [0.4, 0.5) is 4.39 Å². The molecule has 6 heteroatoms. The van der Waals surface area contributed by atoms with Gasteiger partial charge in [0.05, 0.1) is 6.54 Å². The molecule has 1 aliphatic rings. The predicted octanol–water partition coefficient (Wildman–Crippen LogP) is 6.79. The van der Waals surface area contributed by atoms with Crippen molar-refractivity contribution in [3.05, 3.63) is 58.0 Å². The van der Waals surface area contributed by atoms with Gasteiger partial charge in [0.25, 0.3) is 0 Å². The molecule has 2 amide bonds. The van der Waals surface area contributed by atoms with Crippen LogP contribution in [0.15, 0.2) is 41.8 Å². The van der Waals surface area contributed by atoms with E-state index in [1.165, 1.54) is 18.6 Å². The fraction of sp³-hybridized carbons (Fsp3) is 0.571. The van der Waals surface area contributed by atoms with Crippen LogP contribution in [0.2, 0.25) is 0 Å². The molecule has 186 valence electrons. The standard InChI is InChI=1S/C28H39FN2O2S/c1-3-5-10-23(4-2)28(33)31(25-11-7-6-8-12-25)21-27(32)30(20-26-13-9-18-34-26)19-22-14-16-24(29)17-15-22/h9,13-18,23,25H,3-8,10-12,19-21H2,1-2H3/t23-/m1/s1. The minimum Gasteiger partial charge on any atom is -0.332 e. The third-order valence-corrected chi connectivity index (χ3v) is 7.78. The molecule has 0 radical (unpaired) electrons. The van der Waals surface area contributed by atoms with Crippen molar-refractivity contribution in [1.29, 1.82) is 0 Å². The average molecular weight is 487 g/mol. The maximum atomic E-state index is 13.7. The Balaban J connectivity index is 1.80. The van der Waals surface area contributed by atoms with Gasteiger partial charge in [-0.15, -0.1) is 11.3 Å². The summed E-state index contributed by atoms with van der Waals surface area (Å²) < 4.78 is 13.4. The van der Waals surface area contributed by atoms with Gasteiger partial charge in [-0.25, -0.2) is 4.39 Å². The zero-order valence-corrected chi connectivity index (χ0v) is 21.5. The average Bonchev–Trinajstić information content (AvgIpc) is 3.37. The lowest BCUT2D eigenvalue weighted by Crippen LogP contribution is -2.49. The number of unbranched alkanes of at least 4 members (excludes halogenated alkanes) is 1. The Hall–Kier alpha value is -2.21. The van der Waals surface area contributed by atoms with Crippen LogP contribution in [0.5, 0.6) is 0 Å². The maximum absolute atomic E-state index is 13.7. The number of carbonyl (C=O) groups is 2. The molecule has 1 atom stereocenters. The first-order chi connectivity index (χ1) is 16.5. The van der Waals surface area contributed by atoms with Gasteiger partial charge in [-0.3, -0.25) is 9.59 Å². The molecule has 34 heavy (non-hydrogen) atoms. The minimum absolute atomic E-state index is 0.0162. The summed E-state index contributed by atoms with van der Waals surface area (Å²) in [7, 11) is 0. The Morgan fingerprint density at radius 2 is 1.79 bits per heavy atom. The number of halogens is 1. The molecule has 1 saturated carbocycles.